The van der Waals surface area contributed by atoms with Crippen LogP contribution in [0.1, 0.15) is 61.4 Å². The van der Waals surface area contributed by atoms with Crippen LogP contribution in [-0.4, -0.2) is 10.8 Å². The number of hydrogen-bond donors (Lipinski definition) is 0. The monoisotopic (exact) mass is 353 g/mol. The molecule has 6 rings (SSSR count). The van der Waals surface area contributed by atoms with E-state index in [-0.39, 0.29) is 5.41 Å². The van der Waals surface area contributed by atoms with Crippen molar-refractivity contribution in [2.45, 2.75) is 51.9 Å². The van der Waals surface area contributed by atoms with Crippen LogP contribution in [-0.2, 0) is 6.42 Å². The fraction of sp³-hybridized carbons (Fsp3) is 0.545. The molecule has 0 spiro atoms. The molecule has 0 radical (unpaired) electrons. The topological polar surface area (TPSA) is 30.0 Å². The van der Waals surface area contributed by atoms with Crippen molar-refractivity contribution in [3.63, 3.8) is 0 Å². The molecule has 0 unspecified atom stereocenters. The van der Waals surface area contributed by atoms with Gasteiger partial charge in [-0.2, -0.15) is 0 Å². The molecule has 0 amide bonds. The predicted octanol–water partition coefficient (Wildman–Crippen LogP) is 5.85. The minimum absolute atomic E-state index is 0.0735. The molecule has 1 aromatic carbocycles. The second-order valence-corrected chi connectivity index (χ2v) is 9.08. The first-order valence-corrected chi connectivity index (χ1v) is 10.1. The number of fused-ring (bicyclic) bond motifs is 1. The number of carbonyl (C=O) groups is 1. The Bertz CT molecular complexity index is 836. The Morgan fingerprint density at radius 3 is 2.36 bits per heavy atom. The SMILES string of the molecule is CCc1cc2cc(C(=O)C34CC5CC(CC(C5)C3)C4)ccc2nc1Cl. The molecular weight excluding hydrogens is 330 g/mol. The number of carbonyl (C=O) groups excluding carboxylic acids is 1. The maximum absolute atomic E-state index is 13.5. The van der Waals surface area contributed by atoms with Crippen molar-refractivity contribution < 1.29 is 4.79 Å². The van der Waals surface area contributed by atoms with Gasteiger partial charge in [-0.05, 0) is 92.5 Å². The van der Waals surface area contributed by atoms with Crippen LogP contribution in [0.15, 0.2) is 24.3 Å². The summed E-state index contributed by atoms with van der Waals surface area (Å²) in [6, 6.07) is 8.09. The number of halogens is 1. The largest absolute Gasteiger partial charge is 0.294 e. The summed E-state index contributed by atoms with van der Waals surface area (Å²) in [5, 5.41) is 1.62. The third-order valence-electron chi connectivity index (χ3n) is 7.00. The van der Waals surface area contributed by atoms with Crippen molar-refractivity contribution in [3.8, 4) is 0 Å². The molecule has 1 aromatic heterocycles. The van der Waals surface area contributed by atoms with Gasteiger partial charge in [-0.3, -0.25) is 4.79 Å². The number of ketones is 1. The molecule has 0 atom stereocenters. The van der Waals surface area contributed by atoms with Crippen LogP contribution in [0.3, 0.4) is 0 Å². The maximum Gasteiger partial charge on any atom is 0.169 e. The zero-order chi connectivity index (χ0) is 17.2. The number of aryl methyl sites for hydroxylation is 1. The summed E-state index contributed by atoms with van der Waals surface area (Å²) in [7, 11) is 0. The summed E-state index contributed by atoms with van der Waals surface area (Å²) < 4.78 is 0. The van der Waals surface area contributed by atoms with E-state index in [0.29, 0.717) is 10.9 Å². The summed E-state index contributed by atoms with van der Waals surface area (Å²) in [6.07, 6.45) is 8.32. The lowest BCUT2D eigenvalue weighted by atomic mass is 9.48. The Morgan fingerprint density at radius 1 is 1.12 bits per heavy atom. The van der Waals surface area contributed by atoms with E-state index < -0.39 is 0 Å². The molecule has 4 aliphatic rings. The van der Waals surface area contributed by atoms with E-state index in [9.17, 15) is 4.79 Å². The Morgan fingerprint density at radius 2 is 1.76 bits per heavy atom. The predicted molar refractivity (Wildman–Crippen MR) is 101 cm³/mol. The Kier molecular flexibility index (Phi) is 3.51. The van der Waals surface area contributed by atoms with Gasteiger partial charge in [0.25, 0.3) is 0 Å². The molecule has 2 aromatic rings. The highest BCUT2D eigenvalue weighted by Gasteiger charge is 2.54. The first-order valence-electron chi connectivity index (χ1n) is 9.70. The molecule has 4 aliphatic carbocycles. The van der Waals surface area contributed by atoms with E-state index in [1.807, 2.05) is 12.1 Å². The van der Waals surface area contributed by atoms with Crippen LogP contribution in [0.4, 0.5) is 0 Å². The molecule has 2 nitrogen and oxygen atoms in total. The fourth-order valence-electron chi connectivity index (χ4n) is 6.28. The molecule has 4 saturated carbocycles. The number of Topliss-reactive ketones (excluding diaryl/α,β-unsaturated/α-hetero) is 1. The molecule has 3 heteroatoms. The number of rotatable bonds is 3. The van der Waals surface area contributed by atoms with Gasteiger partial charge < -0.3 is 0 Å². The summed E-state index contributed by atoms with van der Waals surface area (Å²) in [6.45, 7) is 2.08. The van der Waals surface area contributed by atoms with E-state index >= 15 is 0 Å². The molecule has 0 saturated heterocycles. The van der Waals surface area contributed by atoms with Gasteiger partial charge in [-0.25, -0.2) is 4.98 Å². The van der Waals surface area contributed by atoms with E-state index in [0.717, 1.165) is 65.5 Å². The summed E-state index contributed by atoms with van der Waals surface area (Å²) in [4.78, 5) is 18.0. The third-order valence-corrected chi connectivity index (χ3v) is 7.33. The lowest BCUT2D eigenvalue weighted by molar-refractivity contribution is -0.0352. The van der Waals surface area contributed by atoms with E-state index in [4.69, 9.17) is 11.6 Å². The van der Waals surface area contributed by atoms with Crippen LogP contribution in [0.25, 0.3) is 10.9 Å². The first-order chi connectivity index (χ1) is 12.1. The van der Waals surface area contributed by atoms with Crippen LogP contribution < -0.4 is 0 Å². The minimum Gasteiger partial charge on any atom is -0.294 e. The standard InChI is InChI=1S/C22H24ClNO/c1-2-16-8-18-9-17(3-4-19(18)24-21(16)23)20(25)22-10-13-5-14(11-22)7-15(6-13)12-22/h3-4,8-9,13-15H,2,5-7,10-12H2,1H3. The normalized spacial score (nSPS) is 33.1. The molecule has 4 fully saturated rings. The minimum atomic E-state index is -0.0735. The van der Waals surface area contributed by atoms with Gasteiger partial charge in [-0.1, -0.05) is 18.5 Å². The number of pyridine rings is 1. The molecule has 1 heterocycles. The maximum atomic E-state index is 13.5. The van der Waals surface area contributed by atoms with Gasteiger partial charge in [-0.15, -0.1) is 0 Å². The number of benzene rings is 1. The Balaban J connectivity index is 1.54. The van der Waals surface area contributed by atoms with Crippen molar-refractivity contribution in [3.05, 3.63) is 40.5 Å². The lowest BCUT2D eigenvalue weighted by Gasteiger charge is -2.56. The van der Waals surface area contributed by atoms with Crippen molar-refractivity contribution in [1.82, 2.24) is 4.98 Å². The highest BCUT2D eigenvalue weighted by Crippen LogP contribution is 2.61. The van der Waals surface area contributed by atoms with Crippen LogP contribution >= 0.6 is 11.6 Å². The smallest absolute Gasteiger partial charge is 0.169 e. The molecule has 25 heavy (non-hydrogen) atoms. The van der Waals surface area contributed by atoms with Gasteiger partial charge in [0.2, 0.25) is 0 Å². The second-order valence-electron chi connectivity index (χ2n) is 8.73. The zero-order valence-electron chi connectivity index (χ0n) is 14.7. The number of aromatic nitrogens is 1. The van der Waals surface area contributed by atoms with Crippen molar-refractivity contribution >= 4 is 28.3 Å². The average Bonchev–Trinajstić information content (AvgIpc) is 2.59. The Hall–Kier alpha value is -1.41. The molecular formula is C22H24ClNO. The molecule has 0 N–H and O–H groups in total. The van der Waals surface area contributed by atoms with Crippen LogP contribution in [0.2, 0.25) is 5.15 Å². The van der Waals surface area contributed by atoms with Crippen molar-refractivity contribution in [1.29, 1.82) is 0 Å². The second kappa shape index (κ2) is 5.54. The summed E-state index contributed by atoms with van der Waals surface area (Å²) >= 11 is 6.24. The van der Waals surface area contributed by atoms with Gasteiger partial charge in [0, 0.05) is 16.4 Å². The summed E-state index contributed by atoms with van der Waals surface area (Å²) in [5.41, 5.74) is 2.73. The number of nitrogens with zero attached hydrogens (tertiary/aromatic N) is 1. The third kappa shape index (κ3) is 2.44. The Labute approximate surface area is 154 Å². The summed E-state index contributed by atoms with van der Waals surface area (Å²) in [5.74, 6) is 2.77. The van der Waals surface area contributed by atoms with Gasteiger partial charge in [0.15, 0.2) is 5.78 Å². The van der Waals surface area contributed by atoms with Gasteiger partial charge in [0.05, 0.1) is 5.52 Å². The van der Waals surface area contributed by atoms with Crippen LogP contribution in [0.5, 0.6) is 0 Å². The highest BCUT2D eigenvalue weighted by atomic mass is 35.5. The zero-order valence-corrected chi connectivity index (χ0v) is 15.5. The van der Waals surface area contributed by atoms with Gasteiger partial charge in [0.1, 0.15) is 5.15 Å². The highest BCUT2D eigenvalue weighted by molar-refractivity contribution is 6.30. The van der Waals surface area contributed by atoms with Gasteiger partial charge >= 0.3 is 0 Å². The van der Waals surface area contributed by atoms with Crippen molar-refractivity contribution in [2.75, 3.05) is 0 Å². The van der Waals surface area contributed by atoms with Crippen molar-refractivity contribution in [2.24, 2.45) is 23.2 Å². The quantitative estimate of drug-likeness (QED) is 0.511. The molecule has 4 bridgehead atoms. The number of hydrogen-bond acceptors (Lipinski definition) is 2. The lowest BCUT2D eigenvalue weighted by Crippen LogP contribution is -2.50. The first kappa shape index (κ1) is 15.8. The molecule has 130 valence electrons. The van der Waals surface area contributed by atoms with Crippen LogP contribution in [0, 0.1) is 23.2 Å². The average molecular weight is 354 g/mol. The van der Waals surface area contributed by atoms with E-state index in [2.05, 4.69) is 24.0 Å². The fourth-order valence-corrected chi connectivity index (χ4v) is 6.56. The van der Waals surface area contributed by atoms with E-state index in [1.54, 1.807) is 0 Å². The molecule has 0 aliphatic heterocycles. The van der Waals surface area contributed by atoms with E-state index in [1.165, 1.54) is 19.3 Å².